The number of aromatic nitrogens is 3. The van der Waals surface area contributed by atoms with Gasteiger partial charge < -0.3 is 19.1 Å². The van der Waals surface area contributed by atoms with Crippen LogP contribution in [0.25, 0.3) is 0 Å². The van der Waals surface area contributed by atoms with Crippen LogP contribution < -0.4 is 15.9 Å². The lowest BCUT2D eigenvalue weighted by atomic mass is 9.99. The number of aliphatic hydroxyl groups is 1. The first kappa shape index (κ1) is 27.6. The van der Waals surface area contributed by atoms with Crippen molar-refractivity contribution in [1.82, 2.24) is 14.5 Å². The topological polar surface area (TPSA) is 159 Å². The molecule has 2 aromatic rings. The number of esters is 1. The van der Waals surface area contributed by atoms with Gasteiger partial charge in [0.2, 0.25) is 0 Å². The lowest BCUT2D eigenvalue weighted by Crippen LogP contribution is -2.44. The molecule has 0 saturated carbocycles. The van der Waals surface area contributed by atoms with E-state index in [4.69, 9.17) is 32.9 Å². The van der Waals surface area contributed by atoms with Gasteiger partial charge in [0.25, 0.3) is 0 Å². The molecule has 1 aromatic carbocycles. The minimum atomic E-state index is -4.60. The summed E-state index contributed by atoms with van der Waals surface area (Å²) >= 11 is 6.51. The number of hydrogen-bond acceptors (Lipinski definition) is 10. The van der Waals surface area contributed by atoms with Gasteiger partial charge in [0.05, 0.1) is 27.5 Å². The number of nitrogens with one attached hydrogen (secondary N) is 1. The Bertz CT molecular complexity index is 1470. The molecule has 6 atom stereocenters. The van der Waals surface area contributed by atoms with Gasteiger partial charge in [-0.15, -0.1) is 0 Å². The molecule has 0 aliphatic carbocycles. The largest absolute Gasteiger partial charge is 0.463 e. The van der Waals surface area contributed by atoms with Crippen LogP contribution >= 0.6 is 19.2 Å². The van der Waals surface area contributed by atoms with E-state index in [1.165, 1.54) is 19.1 Å². The van der Waals surface area contributed by atoms with Crippen molar-refractivity contribution < 1.29 is 40.1 Å². The first-order chi connectivity index (χ1) is 19.1. The highest BCUT2D eigenvalue weighted by molar-refractivity contribution is 7.54. The van der Waals surface area contributed by atoms with E-state index in [0.29, 0.717) is 4.57 Å². The molecule has 2 heterocycles. The molecule has 2 N–H and O–H groups in total. The number of para-hydroxylation sites is 1. The third-order valence-corrected chi connectivity index (χ3v) is 7.62. The van der Waals surface area contributed by atoms with Gasteiger partial charge in [0, 0.05) is 0 Å². The van der Waals surface area contributed by atoms with Crippen LogP contribution in [0.2, 0.25) is 0 Å². The van der Waals surface area contributed by atoms with Crippen molar-refractivity contribution in [3.8, 4) is 17.6 Å². The fourth-order valence-electron chi connectivity index (χ4n) is 3.49. The molecule has 1 aliphatic heterocycles. The maximum atomic E-state index is 14.0. The number of carbonyl (C=O) groups is 1. The summed E-state index contributed by atoms with van der Waals surface area (Å²) in [5.74, 6) is 2.42. The van der Waals surface area contributed by atoms with Crippen molar-refractivity contribution in [1.29, 1.82) is 0 Å². The van der Waals surface area contributed by atoms with E-state index >= 15 is 0 Å². The molecular weight excluding hydrogens is 560 g/mol. The van der Waals surface area contributed by atoms with E-state index in [-0.39, 0.29) is 5.75 Å². The lowest BCUT2D eigenvalue weighted by Gasteiger charge is -2.25. The highest BCUT2D eigenvalue weighted by atomic mass is 35.5. The van der Waals surface area contributed by atoms with Gasteiger partial charge in [-0.05, 0) is 26.0 Å². The van der Waals surface area contributed by atoms with Crippen LogP contribution in [0.3, 0.4) is 0 Å². The molecule has 1 fully saturated rings. The average molecular weight is 590 g/mol. The van der Waals surface area contributed by atoms with Crippen LogP contribution in [0.4, 0.5) is 4.39 Å². The fraction of sp³-hybridized carbons (Fsp3) is 0.500. The van der Waals surface area contributed by atoms with Crippen LogP contribution in [0.15, 0.2) is 46.2 Å². The van der Waals surface area contributed by atoms with Gasteiger partial charge in [-0.3, -0.25) is 18.9 Å². The molecule has 1 unspecified atom stereocenters. The maximum Gasteiger partial charge on any atom is 0.380 e. The van der Waals surface area contributed by atoms with Crippen LogP contribution in [0.5, 0.6) is 5.75 Å². The minimum absolute atomic E-state index is 0.0215. The first-order valence-electron chi connectivity index (χ1n) is 12.6. The number of aliphatic hydroxyl groups excluding tert-OH is 1. The molecule has 1 saturated heterocycles. The molecule has 0 bridgehead atoms. The number of carbonyl (C=O) groups excluding carboxylic acids is 1. The minimum Gasteiger partial charge on any atom is -0.463 e. The third-order valence-electron chi connectivity index (χ3n) is 5.25. The molecule has 39 heavy (non-hydrogen) atoms. The predicted octanol–water partition coefficient (Wildman–Crippen LogP) is 2.02. The van der Waals surface area contributed by atoms with E-state index in [2.05, 4.69) is 10.9 Å². The highest BCUT2D eigenvalue weighted by Crippen LogP contribution is 2.51. The van der Waals surface area contributed by atoms with Gasteiger partial charge in [0.1, 0.15) is 31.0 Å². The standard InChI is InChI=1S/C24H28ClFN3O9P/c1-15(2)36-20(31)16(3)13-39(34,38-17-8-5-4-6-9-17)35-12-18-19(30)24(25,10-7-11-26)21(37-18)29-14-27-22(32)28-23(29)33/h4-6,8-9,14-16,18-19,21,30H,11-13H2,1-3H3,(H,28,32,33)/t16-,18-,19+,21-,24?,39+/m1/s1/i12D2. The van der Waals surface area contributed by atoms with Crippen molar-refractivity contribution in [3.63, 3.8) is 0 Å². The summed E-state index contributed by atoms with van der Waals surface area (Å²) in [6.45, 7) is 0.209. The Morgan fingerprint density at radius 1 is 1.38 bits per heavy atom. The molecular formula is C24H28ClFN3O9P. The molecule has 1 aromatic heterocycles. The first-order valence-corrected chi connectivity index (χ1v) is 13.7. The number of halogens is 2. The second kappa shape index (κ2) is 12.9. The lowest BCUT2D eigenvalue weighted by molar-refractivity contribution is -0.151. The number of benzene rings is 1. The third kappa shape index (κ3) is 7.56. The Morgan fingerprint density at radius 3 is 2.69 bits per heavy atom. The number of ether oxygens (including phenoxy) is 2. The van der Waals surface area contributed by atoms with Crippen molar-refractivity contribution in [3.05, 3.63) is 57.6 Å². The highest BCUT2D eigenvalue weighted by Gasteiger charge is 2.56. The Labute approximate surface area is 230 Å². The molecule has 0 spiro atoms. The summed E-state index contributed by atoms with van der Waals surface area (Å²) in [4.78, 5) is 39.2. The second-order valence-corrected chi connectivity index (χ2v) is 11.3. The van der Waals surface area contributed by atoms with Gasteiger partial charge in [-0.1, -0.05) is 48.6 Å². The van der Waals surface area contributed by atoms with Gasteiger partial charge >= 0.3 is 24.9 Å². The molecule has 3 rings (SSSR count). The Hall–Kier alpha value is -3.01. The molecule has 12 nitrogen and oxygen atoms in total. The van der Waals surface area contributed by atoms with E-state index in [9.17, 15) is 28.4 Å². The SMILES string of the molecule is [2H]C([2H])(O[P@@](=O)(C[C@@H](C)C(=O)OC(C)C)Oc1ccccc1)[C@H]1O[C@@H](n2cnc(=O)[nH]c2=O)C(Cl)(C#CCF)[C@H]1O. The Kier molecular flexibility index (Phi) is 9.11. The molecule has 0 amide bonds. The van der Waals surface area contributed by atoms with E-state index in [0.717, 1.165) is 6.33 Å². The predicted molar refractivity (Wildman–Crippen MR) is 137 cm³/mol. The maximum absolute atomic E-state index is 14.0. The van der Waals surface area contributed by atoms with Crippen LogP contribution in [0, 0.1) is 17.8 Å². The summed E-state index contributed by atoms with van der Waals surface area (Å²) in [6.07, 6.45) is -6.47. The summed E-state index contributed by atoms with van der Waals surface area (Å²) in [6, 6.07) is 7.60. The van der Waals surface area contributed by atoms with Crippen LogP contribution in [-0.4, -0.2) is 68.2 Å². The van der Waals surface area contributed by atoms with E-state index in [1.807, 2.05) is 10.9 Å². The van der Waals surface area contributed by atoms with E-state index in [1.54, 1.807) is 32.0 Å². The van der Waals surface area contributed by atoms with Crippen molar-refractivity contribution in [2.75, 3.05) is 19.4 Å². The van der Waals surface area contributed by atoms with E-state index < -0.39 is 79.7 Å². The number of H-pyrrole nitrogens is 1. The van der Waals surface area contributed by atoms with Crippen LogP contribution in [-0.2, 0) is 23.4 Å². The quantitative estimate of drug-likeness (QED) is 0.182. The Morgan fingerprint density at radius 2 is 2.08 bits per heavy atom. The van der Waals surface area contributed by atoms with Crippen molar-refractivity contribution in [2.45, 2.75) is 50.2 Å². The number of aromatic amines is 1. The van der Waals surface area contributed by atoms with Gasteiger partial charge in [0.15, 0.2) is 11.1 Å². The molecule has 212 valence electrons. The Balaban J connectivity index is 2.01. The average Bonchev–Trinajstić information content (AvgIpc) is 3.13. The zero-order valence-electron chi connectivity index (χ0n) is 23.1. The van der Waals surface area contributed by atoms with Crippen LogP contribution in [0.1, 0.15) is 29.7 Å². The summed E-state index contributed by atoms with van der Waals surface area (Å²) in [7, 11) is -4.60. The number of hydrogen-bond donors (Lipinski definition) is 2. The second-order valence-electron chi connectivity index (χ2n) is 8.74. The summed E-state index contributed by atoms with van der Waals surface area (Å²) < 4.78 is 66.4. The fourth-order valence-corrected chi connectivity index (χ4v) is 5.54. The van der Waals surface area contributed by atoms with Gasteiger partial charge in [-0.25, -0.2) is 18.5 Å². The van der Waals surface area contributed by atoms with Gasteiger partial charge in [-0.2, -0.15) is 4.98 Å². The monoisotopic (exact) mass is 589 g/mol. The zero-order valence-corrected chi connectivity index (χ0v) is 22.7. The summed E-state index contributed by atoms with van der Waals surface area (Å²) in [5.41, 5.74) is -2.12. The number of alkyl halides is 2. The van der Waals surface area contributed by atoms with Crippen molar-refractivity contribution in [2.24, 2.45) is 5.92 Å². The number of nitrogens with zero attached hydrogens (tertiary/aromatic N) is 2. The van der Waals surface area contributed by atoms with Crippen molar-refractivity contribution >= 4 is 25.2 Å². The number of rotatable bonds is 10. The zero-order chi connectivity index (χ0) is 30.6. The smallest absolute Gasteiger partial charge is 0.380 e. The molecule has 1 aliphatic rings. The normalized spacial score (nSPS) is 26.0. The summed E-state index contributed by atoms with van der Waals surface area (Å²) in [5, 5.41) is 11.1. The molecule has 15 heteroatoms. The molecule has 0 radical (unpaired) electrons.